The second-order valence-electron chi connectivity index (χ2n) is 3.97. The van der Waals surface area contributed by atoms with Gasteiger partial charge in [0.25, 0.3) is 10.2 Å². The van der Waals surface area contributed by atoms with Crippen LogP contribution in [-0.2, 0) is 21.5 Å². The van der Waals surface area contributed by atoms with E-state index in [1.165, 1.54) is 6.20 Å². The number of nitrogens with zero attached hydrogens (tertiary/aromatic N) is 2. The fourth-order valence-electron chi connectivity index (χ4n) is 1.40. The highest BCUT2D eigenvalue weighted by molar-refractivity contribution is 7.86. The Morgan fingerprint density at radius 2 is 2.21 bits per heavy atom. The summed E-state index contributed by atoms with van der Waals surface area (Å²) >= 11 is 0. The van der Waals surface area contributed by atoms with Gasteiger partial charge < -0.3 is 10.8 Å². The summed E-state index contributed by atoms with van der Waals surface area (Å²) in [5.74, 6) is -1.18. The molecular formula is C10H16N4O4S. The summed E-state index contributed by atoms with van der Waals surface area (Å²) in [6.07, 6.45) is 3.05. The Kier molecular flexibility index (Phi) is 5.36. The molecule has 19 heavy (non-hydrogen) atoms. The van der Waals surface area contributed by atoms with Gasteiger partial charge in [-0.15, -0.1) is 0 Å². The molecule has 0 radical (unpaired) electrons. The summed E-state index contributed by atoms with van der Waals surface area (Å²) in [7, 11) is -3.93. The van der Waals surface area contributed by atoms with E-state index in [9.17, 15) is 13.2 Å². The fourth-order valence-corrected chi connectivity index (χ4v) is 2.09. The maximum Gasteiger partial charge on any atom is 0.320 e. The van der Waals surface area contributed by atoms with Gasteiger partial charge in [-0.1, -0.05) is 6.07 Å². The van der Waals surface area contributed by atoms with Gasteiger partial charge in [0, 0.05) is 25.5 Å². The lowest BCUT2D eigenvalue weighted by Crippen LogP contribution is -2.40. The molecule has 5 N–H and O–H groups in total. The first-order valence-corrected chi connectivity index (χ1v) is 6.96. The van der Waals surface area contributed by atoms with Crippen molar-refractivity contribution in [3.63, 3.8) is 0 Å². The van der Waals surface area contributed by atoms with E-state index in [-0.39, 0.29) is 19.5 Å². The molecule has 106 valence electrons. The Morgan fingerprint density at radius 3 is 2.68 bits per heavy atom. The van der Waals surface area contributed by atoms with Crippen molar-refractivity contribution in [2.24, 2.45) is 10.9 Å². The van der Waals surface area contributed by atoms with Crippen molar-refractivity contribution in [2.45, 2.75) is 19.0 Å². The minimum absolute atomic E-state index is 0.0218. The molecular weight excluding hydrogens is 272 g/mol. The summed E-state index contributed by atoms with van der Waals surface area (Å²) in [5, 5.41) is 13.7. The van der Waals surface area contributed by atoms with Crippen LogP contribution in [0.5, 0.6) is 0 Å². The maximum atomic E-state index is 11.4. The van der Waals surface area contributed by atoms with Gasteiger partial charge >= 0.3 is 5.97 Å². The average Bonchev–Trinajstić information content (AvgIpc) is 2.33. The van der Waals surface area contributed by atoms with Gasteiger partial charge in [-0.25, -0.2) is 5.14 Å². The van der Waals surface area contributed by atoms with E-state index in [2.05, 4.69) is 4.98 Å². The molecule has 0 bridgehead atoms. The van der Waals surface area contributed by atoms with Gasteiger partial charge in [0.1, 0.15) is 6.04 Å². The van der Waals surface area contributed by atoms with Gasteiger partial charge in [0.05, 0.1) is 0 Å². The lowest BCUT2D eigenvalue weighted by molar-refractivity contribution is -0.138. The maximum absolute atomic E-state index is 11.4. The second-order valence-corrected chi connectivity index (χ2v) is 5.52. The zero-order valence-corrected chi connectivity index (χ0v) is 11.0. The summed E-state index contributed by atoms with van der Waals surface area (Å²) in [4.78, 5) is 14.4. The quantitative estimate of drug-likeness (QED) is 0.581. The van der Waals surface area contributed by atoms with Crippen molar-refractivity contribution in [2.75, 3.05) is 6.54 Å². The van der Waals surface area contributed by atoms with Gasteiger partial charge in [-0.05, 0) is 18.1 Å². The Labute approximate surface area is 111 Å². The third-order valence-corrected chi connectivity index (χ3v) is 3.48. The molecule has 1 atom stereocenters. The van der Waals surface area contributed by atoms with Crippen LogP contribution in [0.15, 0.2) is 24.5 Å². The number of carboxylic acids is 1. The summed E-state index contributed by atoms with van der Waals surface area (Å²) in [6, 6.07) is 2.24. The molecule has 0 spiro atoms. The van der Waals surface area contributed by atoms with Crippen molar-refractivity contribution >= 4 is 16.2 Å². The molecule has 0 fully saturated rings. The Hall–Kier alpha value is -1.55. The van der Waals surface area contributed by atoms with Gasteiger partial charge in [0.2, 0.25) is 0 Å². The lowest BCUT2D eigenvalue weighted by Gasteiger charge is -2.20. The molecule has 1 heterocycles. The number of rotatable bonds is 7. The van der Waals surface area contributed by atoms with Crippen LogP contribution < -0.4 is 10.9 Å². The normalized spacial score (nSPS) is 13.4. The zero-order chi connectivity index (χ0) is 14.5. The Morgan fingerprint density at radius 1 is 1.53 bits per heavy atom. The molecule has 9 heteroatoms. The van der Waals surface area contributed by atoms with Gasteiger partial charge in [0.15, 0.2) is 0 Å². The van der Waals surface area contributed by atoms with Crippen molar-refractivity contribution in [3.05, 3.63) is 30.1 Å². The third kappa shape index (κ3) is 5.30. The Bertz CT molecular complexity index is 520. The molecule has 1 aromatic heterocycles. The van der Waals surface area contributed by atoms with Crippen molar-refractivity contribution in [1.29, 1.82) is 0 Å². The van der Waals surface area contributed by atoms with Crippen molar-refractivity contribution in [3.8, 4) is 0 Å². The van der Waals surface area contributed by atoms with Crippen LogP contribution in [0.1, 0.15) is 12.0 Å². The molecule has 0 aliphatic heterocycles. The molecule has 1 aromatic rings. The largest absolute Gasteiger partial charge is 0.480 e. The first-order chi connectivity index (χ1) is 8.80. The van der Waals surface area contributed by atoms with E-state index >= 15 is 0 Å². The Balaban J connectivity index is 2.72. The number of hydrogen-bond acceptors (Lipinski definition) is 5. The molecule has 0 amide bonds. The van der Waals surface area contributed by atoms with E-state index in [4.69, 9.17) is 16.0 Å². The number of carboxylic acid groups (broad SMARTS) is 1. The predicted molar refractivity (Wildman–Crippen MR) is 68.0 cm³/mol. The van der Waals surface area contributed by atoms with E-state index in [0.717, 1.165) is 4.31 Å². The molecule has 8 nitrogen and oxygen atoms in total. The SMILES string of the molecule is N[C@@H](CCN(Cc1cccnc1)S(N)(=O)=O)C(=O)O. The smallest absolute Gasteiger partial charge is 0.320 e. The lowest BCUT2D eigenvalue weighted by atomic mass is 10.2. The molecule has 0 aliphatic rings. The number of pyridine rings is 1. The van der Waals surface area contributed by atoms with E-state index in [1.54, 1.807) is 18.3 Å². The van der Waals surface area contributed by atoms with Gasteiger partial charge in [-0.2, -0.15) is 12.7 Å². The van der Waals surface area contributed by atoms with Crippen molar-refractivity contribution in [1.82, 2.24) is 9.29 Å². The first-order valence-electron chi connectivity index (χ1n) is 5.46. The number of hydrogen-bond donors (Lipinski definition) is 3. The average molecular weight is 288 g/mol. The molecule has 0 saturated carbocycles. The molecule has 0 saturated heterocycles. The number of nitrogens with two attached hydrogens (primary N) is 2. The minimum atomic E-state index is -3.93. The van der Waals surface area contributed by atoms with E-state index in [1.807, 2.05) is 0 Å². The van der Waals surface area contributed by atoms with Crippen LogP contribution in [0, 0.1) is 0 Å². The van der Waals surface area contributed by atoms with Crippen LogP contribution in [0.4, 0.5) is 0 Å². The van der Waals surface area contributed by atoms with Gasteiger partial charge in [-0.3, -0.25) is 9.78 Å². The second kappa shape index (κ2) is 6.57. The van der Waals surface area contributed by atoms with Crippen LogP contribution in [0.25, 0.3) is 0 Å². The highest BCUT2D eigenvalue weighted by atomic mass is 32.2. The van der Waals surface area contributed by atoms with E-state index < -0.39 is 22.2 Å². The summed E-state index contributed by atoms with van der Waals surface area (Å²) < 4.78 is 23.8. The number of aromatic nitrogens is 1. The zero-order valence-electron chi connectivity index (χ0n) is 10.1. The summed E-state index contributed by atoms with van der Waals surface area (Å²) in [5.41, 5.74) is 5.98. The first kappa shape index (κ1) is 15.5. The third-order valence-electron chi connectivity index (χ3n) is 2.45. The highest BCUT2D eigenvalue weighted by Crippen LogP contribution is 2.07. The summed E-state index contributed by atoms with van der Waals surface area (Å²) in [6.45, 7) is -0.0415. The molecule has 1 rings (SSSR count). The molecule has 0 aliphatic carbocycles. The van der Waals surface area contributed by atoms with Crippen LogP contribution in [0.3, 0.4) is 0 Å². The fraction of sp³-hybridized carbons (Fsp3) is 0.400. The highest BCUT2D eigenvalue weighted by Gasteiger charge is 2.20. The topological polar surface area (TPSA) is 140 Å². The molecule has 0 unspecified atom stereocenters. The van der Waals surface area contributed by atoms with Crippen molar-refractivity contribution < 1.29 is 18.3 Å². The van der Waals surface area contributed by atoms with Crippen LogP contribution in [0.2, 0.25) is 0 Å². The predicted octanol–water partition coefficient (Wildman–Crippen LogP) is -1.11. The molecule has 0 aromatic carbocycles. The minimum Gasteiger partial charge on any atom is -0.480 e. The number of carbonyl (C=O) groups is 1. The monoisotopic (exact) mass is 288 g/mol. The van der Waals surface area contributed by atoms with Crippen LogP contribution >= 0.6 is 0 Å². The van der Waals surface area contributed by atoms with E-state index in [0.29, 0.717) is 5.56 Å². The number of aliphatic carboxylic acids is 1. The van der Waals surface area contributed by atoms with Crippen LogP contribution in [-0.4, -0.2) is 41.4 Å². The standard InChI is InChI=1S/C10H16N4O4S/c11-9(10(15)16)3-5-14(19(12,17)18)7-8-2-1-4-13-6-8/h1-2,4,6,9H,3,5,7,11H2,(H,15,16)(H2,12,17,18)/t9-/m0/s1.